The number of methoxy groups -OCH3 is 1. The van der Waals surface area contributed by atoms with Crippen molar-refractivity contribution in [3.63, 3.8) is 0 Å². The number of para-hydroxylation sites is 1. The Kier molecular flexibility index (Phi) is 5.59. The van der Waals surface area contributed by atoms with E-state index in [-0.39, 0.29) is 11.2 Å². The van der Waals surface area contributed by atoms with Crippen molar-refractivity contribution in [3.05, 3.63) is 110 Å². The second kappa shape index (κ2) is 8.65. The van der Waals surface area contributed by atoms with Gasteiger partial charge in [-0.2, -0.15) is 0 Å². The fourth-order valence-electron chi connectivity index (χ4n) is 3.29. The second-order valence-electron chi connectivity index (χ2n) is 6.85. The Bertz CT molecular complexity index is 1420. The molecule has 0 unspecified atom stereocenters. The second-order valence-corrected chi connectivity index (χ2v) is 6.85. The van der Waals surface area contributed by atoms with Gasteiger partial charge in [-0.3, -0.25) is 19.5 Å². The standard InChI is InChI=1S/C24H17N3O5/c1-32-24(29)17-10-12-18(13-11-17)26-22(25-21-8-3-2-7-20(21)23(26)28)14-9-16-5-4-6-19(15-16)27(30)31/h2-15H,1H3/b14-9+. The first kappa shape index (κ1) is 20.7. The van der Waals surface area contributed by atoms with Crippen LogP contribution in [0.1, 0.15) is 21.7 Å². The fourth-order valence-corrected chi connectivity index (χ4v) is 3.29. The summed E-state index contributed by atoms with van der Waals surface area (Å²) in [5.41, 5.74) is 1.67. The first-order valence-electron chi connectivity index (χ1n) is 9.61. The average Bonchev–Trinajstić information content (AvgIpc) is 2.82. The summed E-state index contributed by atoms with van der Waals surface area (Å²) in [6, 6.07) is 19.5. The SMILES string of the molecule is COC(=O)c1ccc(-n2c(/C=C/c3cccc([N+](=O)[O-])c3)nc3ccccc3c2=O)cc1. The van der Waals surface area contributed by atoms with Crippen LogP contribution in [0.2, 0.25) is 0 Å². The van der Waals surface area contributed by atoms with Crippen LogP contribution in [0.5, 0.6) is 0 Å². The van der Waals surface area contributed by atoms with E-state index >= 15 is 0 Å². The van der Waals surface area contributed by atoms with Gasteiger partial charge >= 0.3 is 5.97 Å². The van der Waals surface area contributed by atoms with E-state index in [1.165, 1.54) is 23.8 Å². The van der Waals surface area contributed by atoms with Gasteiger partial charge in [-0.15, -0.1) is 0 Å². The van der Waals surface area contributed by atoms with E-state index in [9.17, 15) is 19.7 Å². The van der Waals surface area contributed by atoms with E-state index in [0.717, 1.165) is 0 Å². The van der Waals surface area contributed by atoms with Crippen molar-refractivity contribution in [3.8, 4) is 5.69 Å². The molecule has 0 bridgehead atoms. The predicted molar refractivity (Wildman–Crippen MR) is 121 cm³/mol. The number of carbonyl (C=O) groups excluding carboxylic acids is 1. The highest BCUT2D eigenvalue weighted by molar-refractivity contribution is 5.89. The molecule has 0 saturated carbocycles. The smallest absolute Gasteiger partial charge is 0.337 e. The molecule has 8 nitrogen and oxygen atoms in total. The van der Waals surface area contributed by atoms with E-state index in [0.29, 0.717) is 33.5 Å². The summed E-state index contributed by atoms with van der Waals surface area (Å²) in [5, 5.41) is 11.5. The van der Waals surface area contributed by atoms with E-state index in [4.69, 9.17) is 4.74 Å². The summed E-state index contributed by atoms with van der Waals surface area (Å²) in [4.78, 5) is 40.2. The predicted octanol–water partition coefficient (Wildman–Crippen LogP) is 4.25. The van der Waals surface area contributed by atoms with E-state index in [2.05, 4.69) is 4.98 Å². The minimum atomic E-state index is -0.480. The highest BCUT2D eigenvalue weighted by Gasteiger charge is 2.13. The molecule has 8 heteroatoms. The average molecular weight is 427 g/mol. The zero-order valence-corrected chi connectivity index (χ0v) is 17.0. The number of rotatable bonds is 5. The summed E-state index contributed by atoms with van der Waals surface area (Å²) in [7, 11) is 1.30. The van der Waals surface area contributed by atoms with Crippen LogP contribution in [0.4, 0.5) is 5.69 Å². The van der Waals surface area contributed by atoms with Crippen molar-refractivity contribution in [2.24, 2.45) is 0 Å². The Balaban J connectivity index is 1.86. The number of aromatic nitrogens is 2. The highest BCUT2D eigenvalue weighted by Crippen LogP contribution is 2.18. The first-order valence-corrected chi connectivity index (χ1v) is 9.61. The van der Waals surface area contributed by atoms with Gasteiger partial charge in [0, 0.05) is 12.1 Å². The third-order valence-corrected chi connectivity index (χ3v) is 4.85. The number of benzene rings is 3. The zero-order valence-electron chi connectivity index (χ0n) is 17.0. The van der Waals surface area contributed by atoms with Gasteiger partial charge in [0.15, 0.2) is 0 Å². The van der Waals surface area contributed by atoms with Crippen molar-refractivity contribution < 1.29 is 14.5 Å². The Labute approximate surface area is 182 Å². The van der Waals surface area contributed by atoms with Crippen LogP contribution < -0.4 is 5.56 Å². The maximum Gasteiger partial charge on any atom is 0.337 e. The van der Waals surface area contributed by atoms with E-state index in [1.807, 2.05) is 0 Å². The molecule has 0 spiro atoms. The number of nitrogens with zero attached hydrogens (tertiary/aromatic N) is 3. The van der Waals surface area contributed by atoms with Crippen LogP contribution in [0.15, 0.2) is 77.6 Å². The molecule has 4 rings (SSSR count). The van der Waals surface area contributed by atoms with Crippen LogP contribution in [-0.2, 0) is 4.74 Å². The van der Waals surface area contributed by atoms with E-state index in [1.54, 1.807) is 72.8 Å². The van der Waals surface area contributed by atoms with Gasteiger partial charge in [0.2, 0.25) is 0 Å². The zero-order chi connectivity index (χ0) is 22.7. The summed E-state index contributed by atoms with van der Waals surface area (Å²) >= 11 is 0. The fraction of sp³-hybridized carbons (Fsp3) is 0.0417. The quantitative estimate of drug-likeness (QED) is 0.268. The molecule has 1 aromatic heterocycles. The monoisotopic (exact) mass is 427 g/mol. The van der Waals surface area contributed by atoms with Gasteiger partial charge < -0.3 is 4.74 Å². The maximum absolute atomic E-state index is 13.3. The highest BCUT2D eigenvalue weighted by atomic mass is 16.6. The molecule has 0 amide bonds. The third kappa shape index (κ3) is 4.01. The lowest BCUT2D eigenvalue weighted by molar-refractivity contribution is -0.384. The number of fused-ring (bicyclic) bond motifs is 1. The van der Waals surface area contributed by atoms with Crippen molar-refractivity contribution >= 4 is 34.7 Å². The molecule has 0 fully saturated rings. The Morgan fingerprint density at radius 3 is 2.50 bits per heavy atom. The minimum absolute atomic E-state index is 0.0330. The molecule has 0 aliphatic heterocycles. The topological polar surface area (TPSA) is 104 Å². The molecule has 0 radical (unpaired) electrons. The minimum Gasteiger partial charge on any atom is -0.465 e. The normalized spacial score (nSPS) is 11.0. The molecule has 0 atom stereocenters. The summed E-state index contributed by atoms with van der Waals surface area (Å²) in [6.45, 7) is 0. The molecule has 0 saturated heterocycles. The number of esters is 1. The maximum atomic E-state index is 13.3. The Morgan fingerprint density at radius 1 is 1.03 bits per heavy atom. The van der Waals surface area contributed by atoms with Crippen molar-refractivity contribution in [2.75, 3.05) is 7.11 Å². The van der Waals surface area contributed by atoms with Gasteiger partial charge in [0.25, 0.3) is 11.2 Å². The third-order valence-electron chi connectivity index (χ3n) is 4.85. The summed E-state index contributed by atoms with van der Waals surface area (Å²) in [5.74, 6) is -0.141. The van der Waals surface area contributed by atoms with Crippen molar-refractivity contribution in [1.29, 1.82) is 0 Å². The summed E-state index contributed by atoms with van der Waals surface area (Å²) < 4.78 is 6.15. The van der Waals surface area contributed by atoms with Gasteiger partial charge in [-0.25, -0.2) is 9.78 Å². The largest absolute Gasteiger partial charge is 0.465 e. The van der Waals surface area contributed by atoms with Crippen LogP contribution in [-0.4, -0.2) is 27.6 Å². The van der Waals surface area contributed by atoms with Crippen LogP contribution in [0.3, 0.4) is 0 Å². The number of nitro groups is 1. The number of nitro benzene ring substituents is 1. The molecule has 158 valence electrons. The van der Waals surface area contributed by atoms with Gasteiger partial charge in [0.05, 0.1) is 34.2 Å². The lowest BCUT2D eigenvalue weighted by atomic mass is 10.1. The summed E-state index contributed by atoms with van der Waals surface area (Å²) in [6.07, 6.45) is 3.28. The van der Waals surface area contributed by atoms with Gasteiger partial charge in [-0.1, -0.05) is 30.3 Å². The lowest BCUT2D eigenvalue weighted by Crippen LogP contribution is -2.22. The molecule has 3 aromatic carbocycles. The number of ether oxygens (including phenoxy) is 1. The molecule has 32 heavy (non-hydrogen) atoms. The molecular formula is C24H17N3O5. The van der Waals surface area contributed by atoms with Gasteiger partial charge in [-0.05, 0) is 48.0 Å². The number of hydrogen-bond donors (Lipinski definition) is 0. The van der Waals surface area contributed by atoms with Crippen LogP contribution >= 0.6 is 0 Å². The Morgan fingerprint density at radius 2 is 1.78 bits per heavy atom. The number of non-ortho nitro benzene ring substituents is 1. The Hall–Kier alpha value is -4.59. The molecule has 4 aromatic rings. The molecule has 0 aliphatic rings. The molecule has 0 N–H and O–H groups in total. The lowest BCUT2D eigenvalue weighted by Gasteiger charge is -2.12. The molecular weight excluding hydrogens is 410 g/mol. The van der Waals surface area contributed by atoms with Crippen LogP contribution in [0.25, 0.3) is 28.7 Å². The van der Waals surface area contributed by atoms with Crippen molar-refractivity contribution in [1.82, 2.24) is 9.55 Å². The van der Waals surface area contributed by atoms with Crippen molar-refractivity contribution in [2.45, 2.75) is 0 Å². The number of hydrogen-bond acceptors (Lipinski definition) is 6. The number of carbonyl (C=O) groups is 1. The van der Waals surface area contributed by atoms with E-state index < -0.39 is 10.9 Å². The molecule has 1 heterocycles. The first-order chi connectivity index (χ1) is 15.5. The van der Waals surface area contributed by atoms with Gasteiger partial charge in [0.1, 0.15) is 5.82 Å². The molecule has 0 aliphatic carbocycles. The van der Waals surface area contributed by atoms with Crippen LogP contribution in [0, 0.1) is 10.1 Å².